The number of carbonyl (C=O) groups excluding carboxylic acids is 1. The molecule has 2 rings (SSSR count). The molecule has 0 saturated carbocycles. The Morgan fingerprint density at radius 2 is 2.21 bits per heavy atom. The van der Waals surface area contributed by atoms with E-state index in [4.69, 9.17) is 10.00 Å². The highest BCUT2D eigenvalue weighted by atomic mass is 16.5. The first-order valence-electron chi connectivity index (χ1n) is 6.65. The number of benzene rings is 1. The number of nitrogens with one attached hydrogen (secondary N) is 1. The van der Waals surface area contributed by atoms with Gasteiger partial charge >= 0.3 is 0 Å². The minimum atomic E-state index is -0.746. The largest absolute Gasteiger partial charge is 0.376 e. The van der Waals surface area contributed by atoms with Gasteiger partial charge < -0.3 is 10.1 Å². The van der Waals surface area contributed by atoms with Gasteiger partial charge in [0.1, 0.15) is 5.92 Å². The molecule has 0 aromatic heterocycles. The van der Waals surface area contributed by atoms with E-state index in [0.29, 0.717) is 6.54 Å². The van der Waals surface area contributed by atoms with Crippen LogP contribution in [0.25, 0.3) is 0 Å². The Hall–Kier alpha value is -1.86. The third kappa shape index (κ3) is 3.80. The fourth-order valence-electron chi connectivity index (χ4n) is 2.21. The lowest BCUT2D eigenvalue weighted by Crippen LogP contribution is -2.37. The van der Waals surface area contributed by atoms with E-state index >= 15 is 0 Å². The van der Waals surface area contributed by atoms with E-state index in [9.17, 15) is 4.79 Å². The standard InChI is InChI=1S/C15H18N2O2/c16-10-14(12-6-2-1-3-7-12)15(18)17-11-13-8-4-5-9-19-13/h1-3,6-7,13-14H,4-5,8-9,11H2,(H,17,18). The molecule has 2 atom stereocenters. The van der Waals surface area contributed by atoms with Gasteiger partial charge in [-0.05, 0) is 24.8 Å². The number of hydrogen-bond acceptors (Lipinski definition) is 3. The van der Waals surface area contributed by atoms with Crippen LogP contribution in [0.15, 0.2) is 30.3 Å². The Bertz CT molecular complexity index is 447. The second kappa shape index (κ2) is 6.91. The summed E-state index contributed by atoms with van der Waals surface area (Å²) < 4.78 is 5.55. The molecule has 19 heavy (non-hydrogen) atoms. The zero-order valence-electron chi connectivity index (χ0n) is 10.8. The van der Waals surface area contributed by atoms with E-state index in [0.717, 1.165) is 31.4 Å². The molecule has 4 heteroatoms. The van der Waals surface area contributed by atoms with E-state index < -0.39 is 5.92 Å². The molecule has 1 aliphatic heterocycles. The van der Waals surface area contributed by atoms with Crippen LogP contribution in [0.5, 0.6) is 0 Å². The number of rotatable bonds is 4. The van der Waals surface area contributed by atoms with Crippen LogP contribution in [-0.2, 0) is 9.53 Å². The Balaban J connectivity index is 1.89. The van der Waals surface area contributed by atoms with Gasteiger partial charge in [0, 0.05) is 13.2 Å². The topological polar surface area (TPSA) is 62.1 Å². The molecule has 1 heterocycles. The van der Waals surface area contributed by atoms with Crippen molar-refractivity contribution in [3.8, 4) is 6.07 Å². The average Bonchev–Trinajstić information content (AvgIpc) is 2.48. The van der Waals surface area contributed by atoms with Crippen molar-refractivity contribution in [1.82, 2.24) is 5.32 Å². The predicted octanol–water partition coefficient (Wildman–Crippen LogP) is 1.98. The highest BCUT2D eigenvalue weighted by molar-refractivity contribution is 5.86. The summed E-state index contributed by atoms with van der Waals surface area (Å²) in [5, 5.41) is 12.0. The van der Waals surface area contributed by atoms with Gasteiger partial charge in [-0.3, -0.25) is 4.79 Å². The molecule has 1 aromatic rings. The first-order chi connectivity index (χ1) is 9.31. The number of hydrogen-bond donors (Lipinski definition) is 1. The number of nitriles is 1. The second-order valence-corrected chi connectivity index (χ2v) is 4.71. The first-order valence-corrected chi connectivity index (χ1v) is 6.65. The lowest BCUT2D eigenvalue weighted by Gasteiger charge is -2.23. The Morgan fingerprint density at radius 3 is 2.84 bits per heavy atom. The first kappa shape index (κ1) is 13.6. The van der Waals surface area contributed by atoms with Gasteiger partial charge in [0.25, 0.3) is 0 Å². The molecule has 100 valence electrons. The van der Waals surface area contributed by atoms with Gasteiger partial charge in [-0.15, -0.1) is 0 Å². The van der Waals surface area contributed by atoms with Crippen LogP contribution in [0.3, 0.4) is 0 Å². The number of ether oxygens (including phenoxy) is 1. The molecular weight excluding hydrogens is 240 g/mol. The van der Waals surface area contributed by atoms with Crippen molar-refractivity contribution in [3.05, 3.63) is 35.9 Å². The van der Waals surface area contributed by atoms with E-state index in [1.54, 1.807) is 12.1 Å². The summed E-state index contributed by atoms with van der Waals surface area (Å²) in [6.45, 7) is 1.25. The molecule has 4 nitrogen and oxygen atoms in total. The van der Waals surface area contributed by atoms with Gasteiger partial charge in [0.05, 0.1) is 12.2 Å². The van der Waals surface area contributed by atoms with Crippen molar-refractivity contribution in [1.29, 1.82) is 5.26 Å². The predicted molar refractivity (Wildman–Crippen MR) is 71.4 cm³/mol. The SMILES string of the molecule is N#CC(C(=O)NCC1CCCCO1)c1ccccc1. The normalized spacial score (nSPS) is 20.3. The minimum Gasteiger partial charge on any atom is -0.376 e. The van der Waals surface area contributed by atoms with E-state index in [1.807, 2.05) is 18.2 Å². The van der Waals surface area contributed by atoms with Crippen LogP contribution >= 0.6 is 0 Å². The second-order valence-electron chi connectivity index (χ2n) is 4.71. The van der Waals surface area contributed by atoms with Gasteiger partial charge in [-0.25, -0.2) is 0 Å². The maximum Gasteiger partial charge on any atom is 0.241 e. The van der Waals surface area contributed by atoms with Crippen LogP contribution < -0.4 is 5.32 Å². The van der Waals surface area contributed by atoms with Crippen LogP contribution in [-0.4, -0.2) is 25.2 Å². The third-order valence-electron chi connectivity index (χ3n) is 3.30. The van der Waals surface area contributed by atoms with Gasteiger partial charge in [-0.2, -0.15) is 5.26 Å². The Labute approximate surface area is 113 Å². The Morgan fingerprint density at radius 1 is 1.42 bits per heavy atom. The van der Waals surface area contributed by atoms with Gasteiger partial charge in [-0.1, -0.05) is 30.3 Å². The van der Waals surface area contributed by atoms with Crippen molar-refractivity contribution < 1.29 is 9.53 Å². The fourth-order valence-corrected chi connectivity index (χ4v) is 2.21. The average molecular weight is 258 g/mol. The zero-order valence-corrected chi connectivity index (χ0v) is 10.8. The molecule has 0 radical (unpaired) electrons. The fraction of sp³-hybridized carbons (Fsp3) is 0.467. The van der Waals surface area contributed by atoms with Crippen molar-refractivity contribution in [2.75, 3.05) is 13.2 Å². The summed E-state index contributed by atoms with van der Waals surface area (Å²) in [5.74, 6) is -0.993. The van der Waals surface area contributed by atoms with Crippen molar-refractivity contribution >= 4 is 5.91 Å². The number of carbonyl (C=O) groups is 1. The molecule has 1 aromatic carbocycles. The highest BCUT2D eigenvalue weighted by Gasteiger charge is 2.21. The van der Waals surface area contributed by atoms with Crippen molar-refractivity contribution in [3.63, 3.8) is 0 Å². The highest BCUT2D eigenvalue weighted by Crippen LogP contribution is 2.15. The summed E-state index contributed by atoms with van der Waals surface area (Å²) >= 11 is 0. The maximum absolute atomic E-state index is 12.0. The molecular formula is C15H18N2O2. The molecule has 1 N–H and O–H groups in total. The quantitative estimate of drug-likeness (QED) is 0.898. The summed E-state index contributed by atoms with van der Waals surface area (Å²) in [6, 6.07) is 11.2. The number of nitrogens with zero attached hydrogens (tertiary/aromatic N) is 1. The molecule has 0 aliphatic carbocycles. The summed E-state index contributed by atoms with van der Waals surface area (Å²) in [6.07, 6.45) is 3.30. The van der Waals surface area contributed by atoms with Gasteiger partial charge in [0.15, 0.2) is 0 Å². The molecule has 0 spiro atoms. The maximum atomic E-state index is 12.0. The van der Waals surface area contributed by atoms with E-state index in [2.05, 4.69) is 11.4 Å². The number of amides is 1. The lowest BCUT2D eigenvalue weighted by atomic mass is 10.00. The third-order valence-corrected chi connectivity index (χ3v) is 3.30. The lowest BCUT2D eigenvalue weighted by molar-refractivity contribution is -0.122. The van der Waals surface area contributed by atoms with Crippen molar-refractivity contribution in [2.45, 2.75) is 31.3 Å². The zero-order chi connectivity index (χ0) is 13.5. The minimum absolute atomic E-state index is 0.0906. The van der Waals surface area contributed by atoms with Crippen LogP contribution in [0.1, 0.15) is 30.7 Å². The summed E-state index contributed by atoms with van der Waals surface area (Å²) in [5.41, 5.74) is 0.729. The molecule has 1 saturated heterocycles. The molecule has 1 amide bonds. The molecule has 2 unspecified atom stereocenters. The van der Waals surface area contributed by atoms with Crippen molar-refractivity contribution in [2.24, 2.45) is 0 Å². The Kier molecular flexibility index (Phi) is 4.93. The van der Waals surface area contributed by atoms with Crippen LogP contribution in [0.4, 0.5) is 0 Å². The molecule has 1 fully saturated rings. The van der Waals surface area contributed by atoms with Gasteiger partial charge in [0.2, 0.25) is 5.91 Å². The van der Waals surface area contributed by atoms with E-state index in [1.165, 1.54) is 0 Å². The molecule has 0 bridgehead atoms. The van der Waals surface area contributed by atoms with Crippen LogP contribution in [0.2, 0.25) is 0 Å². The monoisotopic (exact) mass is 258 g/mol. The summed E-state index contributed by atoms with van der Waals surface area (Å²) in [4.78, 5) is 12.0. The van der Waals surface area contributed by atoms with E-state index in [-0.39, 0.29) is 12.0 Å². The smallest absolute Gasteiger partial charge is 0.241 e. The molecule has 1 aliphatic rings. The summed E-state index contributed by atoms with van der Waals surface area (Å²) in [7, 11) is 0. The van der Waals surface area contributed by atoms with Crippen LogP contribution in [0, 0.1) is 11.3 Å².